The van der Waals surface area contributed by atoms with Crippen LogP contribution in [-0.4, -0.2) is 23.4 Å². The molecule has 2 aliphatic rings. The molecule has 0 amide bonds. The third-order valence-corrected chi connectivity index (χ3v) is 5.09. The summed E-state index contributed by atoms with van der Waals surface area (Å²) in [7, 11) is 0. The Balaban J connectivity index is 2.32. The molecular weight excluding hydrogens is 164 g/mol. The summed E-state index contributed by atoms with van der Waals surface area (Å²) in [5, 5.41) is 18.9. The minimum Gasteiger partial charge on any atom is -0.396 e. The van der Waals surface area contributed by atoms with Crippen molar-refractivity contribution in [2.24, 2.45) is 22.7 Å². The van der Waals surface area contributed by atoms with Crippen LogP contribution < -0.4 is 0 Å². The van der Waals surface area contributed by atoms with E-state index < -0.39 is 0 Å². The molecule has 2 fully saturated rings. The van der Waals surface area contributed by atoms with Crippen molar-refractivity contribution in [3.8, 4) is 0 Å². The second kappa shape index (κ2) is 2.71. The van der Waals surface area contributed by atoms with Gasteiger partial charge < -0.3 is 10.2 Å². The van der Waals surface area contributed by atoms with E-state index in [4.69, 9.17) is 0 Å². The largest absolute Gasteiger partial charge is 0.396 e. The lowest BCUT2D eigenvalue weighted by molar-refractivity contribution is -0.0442. The van der Waals surface area contributed by atoms with Crippen molar-refractivity contribution in [2.75, 3.05) is 13.2 Å². The minimum absolute atomic E-state index is 0.158. The summed E-state index contributed by atoms with van der Waals surface area (Å²) in [5.41, 5.74) is 0.211. The molecule has 2 saturated carbocycles. The van der Waals surface area contributed by atoms with Crippen molar-refractivity contribution in [1.82, 2.24) is 0 Å². The molecule has 2 aliphatic carbocycles. The fourth-order valence-electron chi connectivity index (χ4n) is 3.78. The Hall–Kier alpha value is -0.0800. The van der Waals surface area contributed by atoms with Crippen LogP contribution in [-0.2, 0) is 0 Å². The van der Waals surface area contributed by atoms with Gasteiger partial charge >= 0.3 is 0 Å². The van der Waals surface area contributed by atoms with Gasteiger partial charge in [-0.15, -0.1) is 0 Å². The Morgan fingerprint density at radius 2 is 1.92 bits per heavy atom. The zero-order valence-electron chi connectivity index (χ0n) is 8.58. The molecule has 76 valence electrons. The van der Waals surface area contributed by atoms with Gasteiger partial charge in [0.05, 0.1) is 13.2 Å². The lowest BCUT2D eigenvalue weighted by Crippen LogP contribution is -2.43. The van der Waals surface area contributed by atoms with Gasteiger partial charge in [0.1, 0.15) is 0 Å². The van der Waals surface area contributed by atoms with Crippen LogP contribution >= 0.6 is 0 Å². The molecule has 0 aromatic heterocycles. The summed E-state index contributed by atoms with van der Waals surface area (Å²) in [5.74, 6) is 1.02. The van der Waals surface area contributed by atoms with E-state index >= 15 is 0 Å². The van der Waals surface area contributed by atoms with E-state index in [0.29, 0.717) is 17.3 Å². The first-order valence-corrected chi connectivity index (χ1v) is 5.31. The zero-order chi connectivity index (χ0) is 9.69. The van der Waals surface area contributed by atoms with E-state index in [1.54, 1.807) is 0 Å². The summed E-state index contributed by atoms with van der Waals surface area (Å²) in [6.07, 6.45) is 3.68. The van der Waals surface area contributed by atoms with Crippen LogP contribution in [0.15, 0.2) is 0 Å². The van der Waals surface area contributed by atoms with Gasteiger partial charge in [0.25, 0.3) is 0 Å². The van der Waals surface area contributed by atoms with Crippen molar-refractivity contribution >= 4 is 0 Å². The average molecular weight is 184 g/mol. The summed E-state index contributed by atoms with van der Waals surface area (Å²) in [6.45, 7) is 4.83. The maximum atomic E-state index is 9.46. The highest BCUT2D eigenvalue weighted by molar-refractivity contribution is 5.09. The fraction of sp³-hybridized carbons (Fsp3) is 1.00. The molecule has 0 spiro atoms. The van der Waals surface area contributed by atoms with Gasteiger partial charge in [-0.05, 0) is 36.5 Å². The Morgan fingerprint density at radius 3 is 2.23 bits per heavy atom. The van der Waals surface area contributed by atoms with Crippen molar-refractivity contribution in [1.29, 1.82) is 0 Å². The topological polar surface area (TPSA) is 40.5 Å². The lowest BCUT2D eigenvalue weighted by atomic mass is 9.63. The van der Waals surface area contributed by atoms with Crippen LogP contribution in [0.25, 0.3) is 0 Å². The highest BCUT2D eigenvalue weighted by Gasteiger charge is 2.61. The summed E-state index contributed by atoms with van der Waals surface area (Å²) in [6, 6.07) is 0. The van der Waals surface area contributed by atoms with Gasteiger partial charge in [-0.2, -0.15) is 0 Å². The van der Waals surface area contributed by atoms with Crippen molar-refractivity contribution in [3.63, 3.8) is 0 Å². The van der Waals surface area contributed by atoms with Gasteiger partial charge in [-0.3, -0.25) is 0 Å². The molecule has 2 heteroatoms. The molecule has 0 saturated heterocycles. The van der Waals surface area contributed by atoms with Gasteiger partial charge in [0.15, 0.2) is 0 Å². The van der Waals surface area contributed by atoms with E-state index in [0.717, 1.165) is 0 Å². The third kappa shape index (κ3) is 0.962. The molecule has 3 atom stereocenters. The Kier molecular flexibility index (Phi) is 1.97. The maximum Gasteiger partial charge on any atom is 0.0514 e. The molecule has 2 rings (SSSR count). The first kappa shape index (κ1) is 9.47. The van der Waals surface area contributed by atoms with E-state index in [-0.39, 0.29) is 18.6 Å². The predicted molar refractivity (Wildman–Crippen MR) is 51.2 cm³/mol. The molecule has 2 nitrogen and oxygen atoms in total. The third-order valence-electron chi connectivity index (χ3n) is 5.09. The molecule has 0 aliphatic heterocycles. The molecule has 0 aromatic rings. The lowest BCUT2D eigenvalue weighted by Gasteiger charge is -2.43. The Bertz CT molecular complexity index is 210. The SMILES string of the molecule is CC1C2(C)CCC(C2)C1(CO)CO. The standard InChI is InChI=1S/C11H20O2/c1-8-10(2)4-3-9(5-10)11(8,6-12)7-13/h8-9,12-13H,3-7H2,1-2H3. The normalized spacial score (nSPS) is 47.1. The first-order chi connectivity index (χ1) is 6.09. The highest BCUT2D eigenvalue weighted by atomic mass is 16.3. The number of fused-ring (bicyclic) bond motifs is 2. The van der Waals surface area contributed by atoms with Gasteiger partial charge in [0, 0.05) is 5.41 Å². The number of rotatable bonds is 2. The van der Waals surface area contributed by atoms with E-state index in [9.17, 15) is 10.2 Å². The molecular formula is C11H20O2. The predicted octanol–water partition coefficient (Wildman–Crippen LogP) is 1.41. The van der Waals surface area contributed by atoms with Crippen LogP contribution in [0.1, 0.15) is 33.1 Å². The van der Waals surface area contributed by atoms with Crippen LogP contribution in [0.2, 0.25) is 0 Å². The molecule has 2 bridgehead atoms. The number of hydrogen-bond acceptors (Lipinski definition) is 2. The van der Waals surface area contributed by atoms with E-state index in [1.165, 1.54) is 19.3 Å². The van der Waals surface area contributed by atoms with Crippen LogP contribution in [0.4, 0.5) is 0 Å². The maximum absolute atomic E-state index is 9.46. The van der Waals surface area contributed by atoms with Crippen LogP contribution in [0.5, 0.6) is 0 Å². The van der Waals surface area contributed by atoms with Gasteiger partial charge in [-0.25, -0.2) is 0 Å². The quantitative estimate of drug-likeness (QED) is 0.681. The average Bonchev–Trinajstić information content (AvgIpc) is 2.60. The summed E-state index contributed by atoms with van der Waals surface area (Å²) < 4.78 is 0. The van der Waals surface area contributed by atoms with Gasteiger partial charge in [0.2, 0.25) is 0 Å². The Labute approximate surface area is 80.0 Å². The smallest absolute Gasteiger partial charge is 0.0514 e. The molecule has 13 heavy (non-hydrogen) atoms. The van der Waals surface area contributed by atoms with Crippen molar-refractivity contribution in [3.05, 3.63) is 0 Å². The monoisotopic (exact) mass is 184 g/mol. The minimum atomic E-state index is -0.174. The van der Waals surface area contributed by atoms with Gasteiger partial charge in [-0.1, -0.05) is 13.8 Å². The number of aliphatic hydroxyl groups is 2. The van der Waals surface area contributed by atoms with E-state index in [1.807, 2.05) is 0 Å². The van der Waals surface area contributed by atoms with Crippen LogP contribution in [0.3, 0.4) is 0 Å². The summed E-state index contributed by atoms with van der Waals surface area (Å²) in [4.78, 5) is 0. The second-order valence-electron chi connectivity index (χ2n) is 5.36. The summed E-state index contributed by atoms with van der Waals surface area (Å²) >= 11 is 0. The second-order valence-corrected chi connectivity index (χ2v) is 5.36. The van der Waals surface area contributed by atoms with Crippen LogP contribution in [0, 0.1) is 22.7 Å². The fourth-order valence-corrected chi connectivity index (χ4v) is 3.78. The number of hydrogen-bond donors (Lipinski definition) is 2. The molecule has 3 unspecified atom stereocenters. The van der Waals surface area contributed by atoms with Crippen molar-refractivity contribution < 1.29 is 10.2 Å². The van der Waals surface area contributed by atoms with E-state index in [2.05, 4.69) is 13.8 Å². The molecule has 0 aromatic carbocycles. The highest BCUT2D eigenvalue weighted by Crippen LogP contribution is 2.65. The molecule has 2 N–H and O–H groups in total. The number of aliphatic hydroxyl groups excluding tert-OH is 2. The Morgan fingerprint density at radius 1 is 1.31 bits per heavy atom. The first-order valence-electron chi connectivity index (χ1n) is 5.31. The zero-order valence-corrected chi connectivity index (χ0v) is 8.58. The molecule has 0 heterocycles. The molecule has 0 radical (unpaired) electrons. The van der Waals surface area contributed by atoms with Crippen molar-refractivity contribution in [2.45, 2.75) is 33.1 Å².